The molecule has 168 valence electrons. The lowest BCUT2D eigenvalue weighted by molar-refractivity contribution is -0.118. The van der Waals surface area contributed by atoms with Gasteiger partial charge in [-0.15, -0.1) is 0 Å². The van der Waals surface area contributed by atoms with E-state index in [0.717, 1.165) is 18.4 Å². The highest BCUT2D eigenvalue weighted by Gasteiger charge is 2.06. The van der Waals surface area contributed by atoms with Gasteiger partial charge in [0.25, 0.3) is 5.56 Å². The number of carbonyl (C=O) groups excluding carboxylic acids is 2. The van der Waals surface area contributed by atoms with Gasteiger partial charge in [-0.25, -0.2) is 0 Å². The summed E-state index contributed by atoms with van der Waals surface area (Å²) in [6.45, 7) is 0.731. The first-order chi connectivity index (χ1) is 15.4. The summed E-state index contributed by atoms with van der Waals surface area (Å²) in [4.78, 5) is 38.6. The van der Waals surface area contributed by atoms with E-state index in [9.17, 15) is 14.4 Å². The van der Waals surface area contributed by atoms with Gasteiger partial charge in [0.1, 0.15) is 5.75 Å². The highest BCUT2D eigenvalue weighted by molar-refractivity contribution is 7.71. The van der Waals surface area contributed by atoms with Crippen LogP contribution in [0.1, 0.15) is 32.1 Å². The first-order valence-corrected chi connectivity index (χ1v) is 10.9. The van der Waals surface area contributed by atoms with Crippen LogP contribution in [0.4, 0.5) is 5.69 Å². The summed E-state index contributed by atoms with van der Waals surface area (Å²) >= 11 is 5.32. The van der Waals surface area contributed by atoms with Gasteiger partial charge in [0, 0.05) is 18.7 Å². The number of nitrogens with zero attached hydrogens (tertiary/aromatic N) is 1. The average Bonchev–Trinajstić information content (AvgIpc) is 2.76. The van der Waals surface area contributed by atoms with Gasteiger partial charge < -0.3 is 20.8 Å². The molecule has 0 aliphatic carbocycles. The zero-order valence-corrected chi connectivity index (χ0v) is 18.5. The maximum absolute atomic E-state index is 12.6. The second kappa shape index (κ2) is 11.2. The largest absolute Gasteiger partial charge is 0.493 e. The van der Waals surface area contributed by atoms with Crippen molar-refractivity contribution in [3.05, 3.63) is 63.7 Å². The molecular weight excluding hydrogens is 428 g/mol. The van der Waals surface area contributed by atoms with Crippen molar-refractivity contribution in [1.82, 2.24) is 9.55 Å². The summed E-state index contributed by atoms with van der Waals surface area (Å²) in [7, 11) is 0. The molecule has 1 aromatic heterocycles. The molecular formula is C23H26N4O4S. The molecule has 3 aromatic rings. The van der Waals surface area contributed by atoms with E-state index in [-0.39, 0.29) is 24.5 Å². The third-order valence-corrected chi connectivity index (χ3v) is 5.25. The summed E-state index contributed by atoms with van der Waals surface area (Å²) in [6.07, 6.45) is 2.80. The molecule has 2 amide bonds. The Kier molecular flexibility index (Phi) is 8.15. The topological polar surface area (TPSA) is 119 Å². The lowest BCUT2D eigenvalue weighted by Gasteiger charge is -2.09. The monoisotopic (exact) mass is 454 g/mol. The molecule has 2 aromatic carbocycles. The van der Waals surface area contributed by atoms with Crippen molar-refractivity contribution in [2.24, 2.45) is 5.73 Å². The number of H-pyrrole nitrogens is 1. The van der Waals surface area contributed by atoms with Gasteiger partial charge in [-0.2, -0.15) is 0 Å². The van der Waals surface area contributed by atoms with Crippen LogP contribution in [-0.2, 0) is 16.1 Å². The van der Waals surface area contributed by atoms with Crippen LogP contribution in [0.5, 0.6) is 5.75 Å². The molecule has 0 aliphatic heterocycles. The van der Waals surface area contributed by atoms with E-state index in [1.165, 1.54) is 0 Å². The Labute approximate surface area is 190 Å². The number of nitrogens with two attached hydrogens (primary N) is 1. The van der Waals surface area contributed by atoms with Gasteiger partial charge in [-0.3, -0.25) is 19.0 Å². The van der Waals surface area contributed by atoms with Gasteiger partial charge >= 0.3 is 0 Å². The molecule has 0 aliphatic rings. The van der Waals surface area contributed by atoms with Gasteiger partial charge in [-0.1, -0.05) is 18.6 Å². The van der Waals surface area contributed by atoms with E-state index in [0.29, 0.717) is 41.0 Å². The second-order valence-corrected chi connectivity index (χ2v) is 7.77. The number of para-hydroxylation sites is 1. The number of fused-ring (bicyclic) bond motifs is 1. The molecule has 0 saturated carbocycles. The summed E-state index contributed by atoms with van der Waals surface area (Å²) in [5, 5.41) is 3.46. The Bertz CT molecular complexity index is 1200. The van der Waals surface area contributed by atoms with Gasteiger partial charge in [0.2, 0.25) is 11.8 Å². The zero-order chi connectivity index (χ0) is 22.9. The smallest absolute Gasteiger partial charge is 0.262 e. The molecule has 0 bridgehead atoms. The van der Waals surface area contributed by atoms with E-state index >= 15 is 0 Å². The van der Waals surface area contributed by atoms with Gasteiger partial charge in [0.15, 0.2) is 4.77 Å². The fourth-order valence-corrected chi connectivity index (χ4v) is 3.55. The fourth-order valence-electron chi connectivity index (χ4n) is 3.26. The third-order valence-electron chi connectivity index (χ3n) is 4.93. The second-order valence-electron chi connectivity index (χ2n) is 7.38. The minimum absolute atomic E-state index is 0.0763. The molecule has 0 unspecified atom stereocenters. The first kappa shape index (κ1) is 23.2. The number of anilines is 1. The van der Waals surface area contributed by atoms with E-state index in [4.69, 9.17) is 22.7 Å². The minimum Gasteiger partial charge on any atom is -0.493 e. The number of unbranched alkanes of at least 4 members (excludes halogenated alkanes) is 2. The maximum atomic E-state index is 12.6. The number of amides is 2. The Morgan fingerprint density at radius 1 is 1.03 bits per heavy atom. The van der Waals surface area contributed by atoms with Crippen molar-refractivity contribution >= 4 is 40.6 Å². The number of benzene rings is 2. The molecule has 3 rings (SSSR count). The molecule has 32 heavy (non-hydrogen) atoms. The Morgan fingerprint density at radius 3 is 2.53 bits per heavy atom. The first-order valence-electron chi connectivity index (χ1n) is 10.5. The number of aromatic nitrogens is 2. The average molecular weight is 455 g/mol. The highest BCUT2D eigenvalue weighted by atomic mass is 32.1. The zero-order valence-electron chi connectivity index (χ0n) is 17.6. The van der Waals surface area contributed by atoms with Crippen LogP contribution in [0.15, 0.2) is 53.3 Å². The molecule has 4 N–H and O–H groups in total. The standard InChI is InChI=1S/C23H26N4O4S/c24-20(28)13-15-31-17-11-9-16(10-12-17)25-21(29)8-2-1-5-14-27-22(30)18-6-3-4-7-19(18)26-23(27)32/h3-4,6-7,9-12H,1-2,5,8,13-15H2,(H2,24,28)(H,25,29)(H,26,32). The summed E-state index contributed by atoms with van der Waals surface area (Å²) in [6, 6.07) is 14.2. The van der Waals surface area contributed by atoms with Gasteiger partial charge in [0.05, 0.1) is 23.9 Å². The number of hydrogen-bond donors (Lipinski definition) is 3. The Hall–Kier alpha value is -3.46. The van der Waals surface area contributed by atoms with Gasteiger partial charge in [-0.05, 0) is 61.5 Å². The molecule has 0 spiro atoms. The van der Waals surface area contributed by atoms with Crippen LogP contribution in [0.2, 0.25) is 0 Å². The van der Waals surface area contributed by atoms with Crippen molar-refractivity contribution in [1.29, 1.82) is 0 Å². The lowest BCUT2D eigenvalue weighted by Crippen LogP contribution is -2.22. The maximum Gasteiger partial charge on any atom is 0.262 e. The van der Waals surface area contributed by atoms with Crippen LogP contribution in [0.3, 0.4) is 0 Å². The third kappa shape index (κ3) is 6.52. The number of nitrogens with one attached hydrogen (secondary N) is 2. The Balaban J connectivity index is 1.40. The van der Waals surface area contributed by atoms with Crippen molar-refractivity contribution < 1.29 is 14.3 Å². The number of hydrogen-bond acceptors (Lipinski definition) is 5. The number of rotatable bonds is 11. The lowest BCUT2D eigenvalue weighted by atomic mass is 10.2. The minimum atomic E-state index is -0.416. The number of primary amides is 1. The normalized spacial score (nSPS) is 10.8. The van der Waals surface area contributed by atoms with Crippen molar-refractivity contribution in [3.63, 3.8) is 0 Å². The summed E-state index contributed by atoms with van der Waals surface area (Å²) in [5.74, 6) is 0.111. The molecule has 0 radical (unpaired) electrons. The van der Waals surface area contributed by atoms with E-state index in [2.05, 4.69) is 10.3 Å². The van der Waals surface area contributed by atoms with E-state index < -0.39 is 5.91 Å². The van der Waals surface area contributed by atoms with E-state index in [1.54, 1.807) is 34.9 Å². The summed E-state index contributed by atoms with van der Waals surface area (Å²) < 4.78 is 7.38. The predicted molar refractivity (Wildman–Crippen MR) is 126 cm³/mol. The van der Waals surface area contributed by atoms with Crippen molar-refractivity contribution in [3.8, 4) is 5.75 Å². The molecule has 8 nitrogen and oxygen atoms in total. The molecule has 9 heteroatoms. The van der Waals surface area contributed by atoms with Crippen molar-refractivity contribution in [2.45, 2.75) is 38.6 Å². The summed E-state index contributed by atoms with van der Waals surface area (Å²) in [5.41, 5.74) is 6.39. The predicted octanol–water partition coefficient (Wildman–Crippen LogP) is 3.51. The molecule has 1 heterocycles. The molecule has 0 saturated heterocycles. The number of aromatic amines is 1. The van der Waals surface area contributed by atoms with Crippen LogP contribution in [-0.4, -0.2) is 28.0 Å². The number of ether oxygens (including phenoxy) is 1. The Morgan fingerprint density at radius 2 is 1.78 bits per heavy atom. The number of carbonyl (C=O) groups is 2. The molecule has 0 atom stereocenters. The fraction of sp³-hybridized carbons (Fsp3) is 0.304. The highest BCUT2D eigenvalue weighted by Crippen LogP contribution is 2.16. The van der Waals surface area contributed by atoms with Crippen LogP contribution in [0.25, 0.3) is 10.9 Å². The van der Waals surface area contributed by atoms with E-state index in [1.807, 2.05) is 18.2 Å². The van der Waals surface area contributed by atoms with Crippen LogP contribution in [0, 0.1) is 4.77 Å². The molecule has 0 fully saturated rings. The quantitative estimate of drug-likeness (QED) is 0.303. The van der Waals surface area contributed by atoms with Crippen LogP contribution >= 0.6 is 12.2 Å². The SMILES string of the molecule is NC(=O)CCOc1ccc(NC(=O)CCCCCn2c(=S)[nH]c3ccccc3c2=O)cc1. The van der Waals surface area contributed by atoms with Crippen LogP contribution < -0.4 is 21.3 Å². The van der Waals surface area contributed by atoms with Crippen molar-refractivity contribution in [2.75, 3.05) is 11.9 Å².